The lowest BCUT2D eigenvalue weighted by Gasteiger charge is -2.38. The Morgan fingerprint density at radius 3 is 2.32 bits per heavy atom. The van der Waals surface area contributed by atoms with Gasteiger partial charge in [0.15, 0.2) is 5.75 Å². The quantitative estimate of drug-likeness (QED) is 0.787. The molecule has 0 radical (unpaired) electrons. The second-order valence-corrected chi connectivity index (χ2v) is 4.61. The summed E-state index contributed by atoms with van der Waals surface area (Å²) in [4.78, 5) is 0. The van der Waals surface area contributed by atoms with Gasteiger partial charge in [-0.3, -0.25) is 4.68 Å². The topological polar surface area (TPSA) is 48.3 Å². The van der Waals surface area contributed by atoms with Gasteiger partial charge in [0.2, 0.25) is 0 Å². The van der Waals surface area contributed by atoms with Gasteiger partial charge in [-0.25, -0.2) is 0 Å². The molecule has 1 aromatic rings. The first-order valence-corrected chi connectivity index (χ1v) is 6.96. The minimum absolute atomic E-state index is 0.0462. The molecule has 0 aliphatic heterocycles. The van der Waals surface area contributed by atoms with Crippen LogP contribution < -0.4 is 10.1 Å². The van der Waals surface area contributed by atoms with Crippen molar-refractivity contribution in [3.63, 3.8) is 0 Å². The normalized spacial score (nSPS) is 13.6. The lowest BCUT2D eigenvalue weighted by molar-refractivity contribution is -0.0493. The van der Waals surface area contributed by atoms with Crippen LogP contribution in [-0.2, 0) is 11.3 Å². The average molecular weight is 269 g/mol. The highest BCUT2D eigenvalue weighted by Crippen LogP contribution is 2.38. The molecule has 1 atom stereocenters. The number of aryl methyl sites for hydroxylation is 1. The lowest BCUT2D eigenvalue weighted by atomic mass is 9.86. The van der Waals surface area contributed by atoms with Gasteiger partial charge in [0.1, 0.15) is 5.69 Å². The zero-order valence-corrected chi connectivity index (χ0v) is 13.0. The van der Waals surface area contributed by atoms with E-state index in [1.165, 1.54) is 0 Å². The summed E-state index contributed by atoms with van der Waals surface area (Å²) in [5.41, 5.74) is 0.799. The van der Waals surface area contributed by atoms with E-state index in [1.807, 2.05) is 11.7 Å². The van der Waals surface area contributed by atoms with Gasteiger partial charge in [0.05, 0.1) is 24.9 Å². The molecule has 0 bridgehead atoms. The van der Waals surface area contributed by atoms with E-state index in [2.05, 4.69) is 31.2 Å². The molecule has 1 heterocycles. The predicted molar refractivity (Wildman–Crippen MR) is 76.6 cm³/mol. The monoisotopic (exact) mass is 269 g/mol. The predicted octanol–water partition coefficient (Wildman–Crippen LogP) is 2.38. The van der Waals surface area contributed by atoms with Crippen molar-refractivity contribution in [2.75, 3.05) is 21.3 Å². The van der Waals surface area contributed by atoms with Gasteiger partial charge in [-0.1, -0.05) is 13.8 Å². The van der Waals surface area contributed by atoms with Crippen LogP contribution in [0.4, 0.5) is 0 Å². The number of likely N-dealkylation sites (N-methyl/N-ethyl adjacent to an activating group) is 1. The Kier molecular flexibility index (Phi) is 5.82. The number of methoxy groups -OCH3 is 2. The highest BCUT2D eigenvalue weighted by molar-refractivity contribution is 5.30. The van der Waals surface area contributed by atoms with Crippen LogP contribution in [0.25, 0.3) is 0 Å². The SMILES string of the molecule is CCn1ncc(OC)c1C(NC)C(CC)(CC)OC. The van der Waals surface area contributed by atoms with Crippen LogP contribution in [0.1, 0.15) is 45.3 Å². The van der Waals surface area contributed by atoms with Crippen molar-refractivity contribution in [1.29, 1.82) is 0 Å². The molecule has 1 N–H and O–H groups in total. The standard InChI is InChI=1S/C14H27N3O2/c1-7-14(8-2,19-6)13(15-4)12-11(18-5)10-16-17(12)9-3/h10,13,15H,7-9H2,1-6H3. The fraction of sp³-hybridized carbons (Fsp3) is 0.786. The van der Waals surface area contributed by atoms with Gasteiger partial charge >= 0.3 is 0 Å². The van der Waals surface area contributed by atoms with Gasteiger partial charge in [-0.15, -0.1) is 0 Å². The molecule has 1 unspecified atom stereocenters. The van der Waals surface area contributed by atoms with E-state index in [9.17, 15) is 0 Å². The summed E-state index contributed by atoms with van der Waals surface area (Å²) < 4.78 is 13.3. The van der Waals surface area contributed by atoms with Crippen molar-refractivity contribution >= 4 is 0 Å². The maximum Gasteiger partial charge on any atom is 0.161 e. The highest BCUT2D eigenvalue weighted by Gasteiger charge is 2.39. The maximum atomic E-state index is 5.85. The molecule has 0 saturated carbocycles. The molecule has 0 fully saturated rings. The molecule has 0 aromatic carbocycles. The van der Waals surface area contributed by atoms with E-state index in [1.54, 1.807) is 20.4 Å². The molecule has 0 amide bonds. The molecule has 1 rings (SSSR count). The minimum Gasteiger partial charge on any atom is -0.493 e. The Hall–Kier alpha value is -1.07. The first-order chi connectivity index (χ1) is 9.13. The van der Waals surface area contributed by atoms with Crippen LogP contribution in [-0.4, -0.2) is 36.6 Å². The largest absolute Gasteiger partial charge is 0.493 e. The van der Waals surface area contributed by atoms with Crippen LogP contribution >= 0.6 is 0 Å². The summed E-state index contributed by atoms with van der Waals surface area (Å²) in [5, 5.41) is 7.77. The van der Waals surface area contributed by atoms with E-state index >= 15 is 0 Å². The molecule has 0 aliphatic carbocycles. The van der Waals surface area contributed by atoms with E-state index in [-0.39, 0.29) is 11.6 Å². The molecule has 0 spiro atoms. The summed E-state index contributed by atoms with van der Waals surface area (Å²) >= 11 is 0. The number of aromatic nitrogens is 2. The second kappa shape index (κ2) is 6.91. The fourth-order valence-corrected chi connectivity index (χ4v) is 2.79. The number of hydrogen-bond acceptors (Lipinski definition) is 4. The molecule has 19 heavy (non-hydrogen) atoms. The summed E-state index contributed by atoms with van der Waals surface area (Å²) in [6, 6.07) is 0.0462. The Balaban J connectivity index is 3.32. The molecule has 110 valence electrons. The zero-order chi connectivity index (χ0) is 14.5. The Morgan fingerprint density at radius 2 is 1.95 bits per heavy atom. The summed E-state index contributed by atoms with van der Waals surface area (Å²) in [6.07, 6.45) is 3.61. The number of nitrogens with zero attached hydrogens (tertiary/aromatic N) is 2. The van der Waals surface area contributed by atoms with E-state index in [0.717, 1.165) is 30.8 Å². The lowest BCUT2D eigenvalue weighted by Crippen LogP contribution is -2.44. The first kappa shape index (κ1) is 16.0. The Bertz CT molecular complexity index is 356. The van der Waals surface area contributed by atoms with Crippen LogP contribution in [0.15, 0.2) is 6.20 Å². The van der Waals surface area contributed by atoms with Crippen LogP contribution in [0, 0.1) is 0 Å². The van der Waals surface area contributed by atoms with Crippen LogP contribution in [0.5, 0.6) is 5.75 Å². The first-order valence-electron chi connectivity index (χ1n) is 6.96. The van der Waals surface area contributed by atoms with Gasteiger partial charge in [-0.05, 0) is 26.8 Å². The van der Waals surface area contributed by atoms with Crippen LogP contribution in [0.2, 0.25) is 0 Å². The molecule has 1 aromatic heterocycles. The van der Waals surface area contributed by atoms with E-state index < -0.39 is 0 Å². The molecular formula is C14H27N3O2. The van der Waals surface area contributed by atoms with Crippen molar-refractivity contribution < 1.29 is 9.47 Å². The summed E-state index contributed by atoms with van der Waals surface area (Å²) in [5.74, 6) is 0.810. The smallest absolute Gasteiger partial charge is 0.161 e. The maximum absolute atomic E-state index is 5.85. The van der Waals surface area contributed by atoms with E-state index in [4.69, 9.17) is 9.47 Å². The Labute approximate surface area is 116 Å². The third kappa shape index (κ3) is 2.77. The van der Waals surface area contributed by atoms with Crippen molar-refractivity contribution in [3.05, 3.63) is 11.9 Å². The molecule has 0 aliphatic rings. The van der Waals surface area contributed by atoms with Gasteiger partial charge < -0.3 is 14.8 Å². The van der Waals surface area contributed by atoms with Gasteiger partial charge in [-0.2, -0.15) is 5.10 Å². The molecular weight excluding hydrogens is 242 g/mol. The van der Waals surface area contributed by atoms with Gasteiger partial charge in [0.25, 0.3) is 0 Å². The fourth-order valence-electron chi connectivity index (χ4n) is 2.79. The Morgan fingerprint density at radius 1 is 1.32 bits per heavy atom. The van der Waals surface area contributed by atoms with Crippen LogP contribution in [0.3, 0.4) is 0 Å². The molecule has 5 heteroatoms. The number of hydrogen-bond donors (Lipinski definition) is 1. The minimum atomic E-state index is -0.255. The third-order valence-electron chi connectivity index (χ3n) is 4.06. The third-order valence-corrected chi connectivity index (χ3v) is 4.06. The molecule has 5 nitrogen and oxygen atoms in total. The zero-order valence-electron chi connectivity index (χ0n) is 13.0. The number of nitrogens with one attached hydrogen (secondary N) is 1. The summed E-state index contributed by atoms with van der Waals surface area (Å²) in [7, 11) is 5.41. The second-order valence-electron chi connectivity index (χ2n) is 4.61. The number of rotatable bonds is 8. The van der Waals surface area contributed by atoms with Gasteiger partial charge in [0, 0.05) is 13.7 Å². The molecule has 0 saturated heterocycles. The van der Waals surface area contributed by atoms with E-state index in [0.29, 0.717) is 0 Å². The average Bonchev–Trinajstić information content (AvgIpc) is 2.87. The van der Waals surface area contributed by atoms with Crippen molar-refractivity contribution in [2.24, 2.45) is 0 Å². The summed E-state index contributed by atoms with van der Waals surface area (Å²) in [6.45, 7) is 7.19. The van der Waals surface area contributed by atoms with Crippen molar-refractivity contribution in [1.82, 2.24) is 15.1 Å². The highest BCUT2D eigenvalue weighted by atomic mass is 16.5. The number of ether oxygens (including phenoxy) is 2. The van der Waals surface area contributed by atoms with Crippen molar-refractivity contribution in [2.45, 2.75) is 51.8 Å². The van der Waals surface area contributed by atoms with Crippen molar-refractivity contribution in [3.8, 4) is 5.75 Å².